The van der Waals surface area contributed by atoms with Crippen LogP contribution in [0.25, 0.3) is 0 Å². The van der Waals surface area contributed by atoms with Gasteiger partial charge < -0.3 is 15.6 Å². The number of esters is 1. The molecule has 0 aliphatic heterocycles. The van der Waals surface area contributed by atoms with Crippen LogP contribution in [0.3, 0.4) is 0 Å². The molecule has 3 atom stereocenters. The first-order valence-electron chi connectivity index (χ1n) is 12.8. The SMILES string of the molecule is CCCCCCCCCCCC(CCCC(C)OC(=O)[C@H](N)CCC(=O)O)C(C)(C)C. The number of ether oxygens (including phenoxy) is 1. The molecule has 0 saturated heterocycles. The molecule has 0 aromatic carbocycles. The fourth-order valence-corrected chi connectivity index (χ4v) is 4.10. The number of carboxylic acids is 1. The van der Waals surface area contributed by atoms with Crippen LogP contribution < -0.4 is 5.73 Å². The van der Waals surface area contributed by atoms with Crippen molar-refractivity contribution in [3.05, 3.63) is 0 Å². The van der Waals surface area contributed by atoms with Gasteiger partial charge in [-0.3, -0.25) is 9.59 Å². The monoisotopic (exact) mass is 441 g/mol. The zero-order chi connectivity index (χ0) is 23.7. The summed E-state index contributed by atoms with van der Waals surface area (Å²) >= 11 is 0. The lowest BCUT2D eigenvalue weighted by atomic mass is 9.75. The van der Waals surface area contributed by atoms with Crippen LogP contribution in [-0.4, -0.2) is 29.2 Å². The van der Waals surface area contributed by atoms with E-state index in [-0.39, 0.29) is 18.9 Å². The van der Waals surface area contributed by atoms with Gasteiger partial charge in [-0.1, -0.05) is 85.5 Å². The first-order valence-corrected chi connectivity index (χ1v) is 12.8. The Morgan fingerprint density at radius 2 is 1.35 bits per heavy atom. The lowest BCUT2D eigenvalue weighted by Gasteiger charge is -2.31. The van der Waals surface area contributed by atoms with E-state index in [0.717, 1.165) is 19.3 Å². The van der Waals surface area contributed by atoms with Gasteiger partial charge in [0.2, 0.25) is 0 Å². The summed E-state index contributed by atoms with van der Waals surface area (Å²) in [5.41, 5.74) is 6.02. The fourth-order valence-electron chi connectivity index (χ4n) is 4.10. The Labute approximate surface area is 191 Å². The average Bonchev–Trinajstić information content (AvgIpc) is 2.68. The van der Waals surface area contributed by atoms with Gasteiger partial charge in [-0.25, -0.2) is 0 Å². The molecular weight excluding hydrogens is 390 g/mol. The molecule has 0 amide bonds. The molecule has 0 spiro atoms. The third-order valence-electron chi connectivity index (χ3n) is 6.33. The zero-order valence-corrected chi connectivity index (χ0v) is 21.1. The zero-order valence-electron chi connectivity index (χ0n) is 21.1. The van der Waals surface area contributed by atoms with Crippen LogP contribution in [0.2, 0.25) is 0 Å². The number of hydrogen-bond acceptors (Lipinski definition) is 4. The molecule has 0 aromatic rings. The van der Waals surface area contributed by atoms with E-state index in [1.54, 1.807) is 0 Å². The highest BCUT2D eigenvalue weighted by Gasteiger charge is 2.24. The minimum atomic E-state index is -0.948. The predicted molar refractivity (Wildman–Crippen MR) is 129 cm³/mol. The maximum absolute atomic E-state index is 12.0. The summed E-state index contributed by atoms with van der Waals surface area (Å²) in [6.45, 7) is 11.1. The largest absolute Gasteiger partial charge is 0.481 e. The van der Waals surface area contributed by atoms with E-state index in [2.05, 4.69) is 27.7 Å². The standard InChI is InChI=1S/C26H51NO4/c1-6-7-8-9-10-11-12-13-14-17-22(26(3,4)5)18-15-16-21(2)31-25(30)23(27)19-20-24(28)29/h21-23H,6-20,27H2,1-5H3,(H,28,29)/t21?,22?,23-/m1/s1. The topological polar surface area (TPSA) is 89.6 Å². The Morgan fingerprint density at radius 1 is 0.839 bits per heavy atom. The van der Waals surface area contributed by atoms with E-state index in [0.29, 0.717) is 11.3 Å². The Bertz CT molecular complexity index is 473. The van der Waals surface area contributed by atoms with Crippen molar-refractivity contribution in [1.82, 2.24) is 0 Å². The van der Waals surface area contributed by atoms with Crippen molar-refractivity contribution in [2.75, 3.05) is 0 Å². The quantitative estimate of drug-likeness (QED) is 0.169. The van der Waals surface area contributed by atoms with Crippen molar-refractivity contribution < 1.29 is 19.4 Å². The average molecular weight is 442 g/mol. The van der Waals surface area contributed by atoms with Gasteiger partial charge in [-0.15, -0.1) is 0 Å². The molecule has 0 saturated carbocycles. The Hall–Kier alpha value is -1.10. The Morgan fingerprint density at radius 3 is 1.87 bits per heavy atom. The minimum absolute atomic E-state index is 0.114. The summed E-state index contributed by atoms with van der Waals surface area (Å²) in [7, 11) is 0. The minimum Gasteiger partial charge on any atom is -0.481 e. The van der Waals surface area contributed by atoms with E-state index < -0.39 is 18.0 Å². The maximum Gasteiger partial charge on any atom is 0.323 e. The van der Waals surface area contributed by atoms with Crippen LogP contribution in [0, 0.1) is 11.3 Å². The second kappa shape index (κ2) is 17.5. The Kier molecular flexibility index (Phi) is 16.8. The number of nitrogens with two attached hydrogens (primary N) is 1. The molecule has 31 heavy (non-hydrogen) atoms. The first-order chi connectivity index (χ1) is 14.6. The van der Waals surface area contributed by atoms with Crippen molar-refractivity contribution in [3.8, 4) is 0 Å². The highest BCUT2D eigenvalue weighted by molar-refractivity contribution is 5.76. The van der Waals surface area contributed by atoms with E-state index >= 15 is 0 Å². The van der Waals surface area contributed by atoms with Crippen LogP contribution in [0.1, 0.15) is 131 Å². The number of carbonyl (C=O) groups excluding carboxylic acids is 1. The van der Waals surface area contributed by atoms with Crippen LogP contribution in [0.15, 0.2) is 0 Å². The van der Waals surface area contributed by atoms with Crippen molar-refractivity contribution in [3.63, 3.8) is 0 Å². The summed E-state index contributed by atoms with van der Waals surface area (Å²) in [6, 6.07) is -0.854. The third-order valence-corrected chi connectivity index (χ3v) is 6.33. The van der Waals surface area contributed by atoms with Gasteiger partial charge in [0.1, 0.15) is 6.04 Å². The van der Waals surface area contributed by atoms with Crippen molar-refractivity contribution in [2.24, 2.45) is 17.1 Å². The number of carbonyl (C=O) groups is 2. The van der Waals surface area contributed by atoms with E-state index in [4.69, 9.17) is 15.6 Å². The van der Waals surface area contributed by atoms with Gasteiger partial charge in [0.25, 0.3) is 0 Å². The van der Waals surface area contributed by atoms with Gasteiger partial charge in [0, 0.05) is 6.42 Å². The van der Waals surface area contributed by atoms with Crippen molar-refractivity contribution >= 4 is 11.9 Å². The van der Waals surface area contributed by atoms with Crippen LogP contribution in [0.4, 0.5) is 0 Å². The lowest BCUT2D eigenvalue weighted by molar-refractivity contribution is -0.150. The third kappa shape index (κ3) is 17.2. The number of rotatable bonds is 19. The molecule has 0 bridgehead atoms. The smallest absolute Gasteiger partial charge is 0.323 e. The molecule has 184 valence electrons. The molecule has 5 nitrogen and oxygen atoms in total. The summed E-state index contributed by atoms with van der Waals surface area (Å²) < 4.78 is 5.42. The van der Waals surface area contributed by atoms with Gasteiger partial charge in [0.05, 0.1) is 6.10 Å². The first kappa shape index (κ1) is 29.9. The molecule has 0 radical (unpaired) electrons. The number of carboxylic acid groups (broad SMARTS) is 1. The van der Waals surface area contributed by atoms with E-state index in [1.165, 1.54) is 64.2 Å². The van der Waals surface area contributed by atoms with E-state index in [1.807, 2.05) is 6.92 Å². The maximum atomic E-state index is 12.0. The molecule has 0 rings (SSSR count). The molecule has 0 aliphatic carbocycles. The van der Waals surface area contributed by atoms with Gasteiger partial charge in [0.15, 0.2) is 0 Å². The number of unbranched alkanes of at least 4 members (excludes halogenated alkanes) is 8. The van der Waals surface area contributed by atoms with Gasteiger partial charge in [-0.05, 0) is 50.4 Å². The number of hydrogen-bond donors (Lipinski definition) is 2. The molecular formula is C26H51NO4. The fraction of sp³-hybridized carbons (Fsp3) is 0.923. The van der Waals surface area contributed by atoms with Crippen molar-refractivity contribution in [2.45, 2.75) is 143 Å². The molecule has 3 N–H and O–H groups in total. The summed E-state index contributed by atoms with van der Waals surface area (Å²) in [5.74, 6) is -0.759. The summed E-state index contributed by atoms with van der Waals surface area (Å²) in [6.07, 6.45) is 16.3. The second-order valence-electron chi connectivity index (χ2n) is 10.4. The lowest BCUT2D eigenvalue weighted by Crippen LogP contribution is -2.34. The second-order valence-corrected chi connectivity index (χ2v) is 10.4. The van der Waals surface area contributed by atoms with Crippen LogP contribution >= 0.6 is 0 Å². The molecule has 5 heteroatoms. The van der Waals surface area contributed by atoms with Gasteiger partial charge in [-0.2, -0.15) is 0 Å². The molecule has 0 aromatic heterocycles. The van der Waals surface area contributed by atoms with Crippen molar-refractivity contribution in [1.29, 1.82) is 0 Å². The van der Waals surface area contributed by atoms with E-state index in [9.17, 15) is 9.59 Å². The summed E-state index contributed by atoms with van der Waals surface area (Å²) in [4.78, 5) is 22.6. The molecule has 2 unspecified atom stereocenters. The highest BCUT2D eigenvalue weighted by Crippen LogP contribution is 2.34. The molecule has 0 aliphatic rings. The summed E-state index contributed by atoms with van der Waals surface area (Å²) in [5, 5.41) is 8.70. The Balaban J connectivity index is 4.07. The van der Waals surface area contributed by atoms with Crippen LogP contribution in [0.5, 0.6) is 0 Å². The highest BCUT2D eigenvalue weighted by atomic mass is 16.5. The van der Waals surface area contributed by atoms with Crippen LogP contribution in [-0.2, 0) is 14.3 Å². The normalized spacial score (nSPS) is 14.8. The van der Waals surface area contributed by atoms with Gasteiger partial charge >= 0.3 is 11.9 Å². The predicted octanol–water partition coefficient (Wildman–Crippen LogP) is 6.86. The molecule has 0 heterocycles. The number of aliphatic carboxylic acids is 1. The molecule has 0 fully saturated rings.